The molecule has 2 aromatic rings. The van der Waals surface area contributed by atoms with Gasteiger partial charge in [0.15, 0.2) is 6.29 Å². The fourth-order valence-corrected chi connectivity index (χ4v) is 1.48. The SMILES string of the molecule is COc1ccc(-n2nnnc2C(F)(F)F)cc1C=O. The first-order valence-electron chi connectivity index (χ1n) is 4.96. The summed E-state index contributed by atoms with van der Waals surface area (Å²) in [5.41, 5.74) is 0.115. The Hall–Kier alpha value is -2.45. The van der Waals surface area contributed by atoms with Crippen molar-refractivity contribution < 1.29 is 22.7 Å². The van der Waals surface area contributed by atoms with Crippen molar-refractivity contribution in [3.63, 3.8) is 0 Å². The third kappa shape index (κ3) is 2.39. The average molecular weight is 272 g/mol. The lowest BCUT2D eigenvalue weighted by molar-refractivity contribution is -0.146. The van der Waals surface area contributed by atoms with Gasteiger partial charge in [-0.25, -0.2) is 0 Å². The highest BCUT2D eigenvalue weighted by Gasteiger charge is 2.38. The van der Waals surface area contributed by atoms with E-state index in [1.807, 2.05) is 0 Å². The zero-order valence-corrected chi connectivity index (χ0v) is 9.55. The molecule has 100 valence electrons. The number of alkyl halides is 3. The van der Waals surface area contributed by atoms with Crippen molar-refractivity contribution in [2.45, 2.75) is 6.18 Å². The lowest BCUT2D eigenvalue weighted by Gasteiger charge is -2.09. The zero-order valence-electron chi connectivity index (χ0n) is 9.55. The molecule has 0 saturated carbocycles. The second kappa shape index (κ2) is 4.67. The molecule has 0 amide bonds. The third-order valence-electron chi connectivity index (χ3n) is 2.31. The van der Waals surface area contributed by atoms with Crippen LogP contribution in [-0.2, 0) is 6.18 Å². The summed E-state index contributed by atoms with van der Waals surface area (Å²) in [6.07, 6.45) is -4.22. The molecule has 9 heteroatoms. The van der Waals surface area contributed by atoms with Crippen LogP contribution in [0.25, 0.3) is 5.69 Å². The molecule has 0 spiro atoms. The number of carbonyl (C=O) groups excluding carboxylic acids is 1. The van der Waals surface area contributed by atoms with Crippen LogP contribution in [0.15, 0.2) is 18.2 Å². The fraction of sp³-hybridized carbons (Fsp3) is 0.200. The first kappa shape index (κ1) is 13.0. The number of methoxy groups -OCH3 is 1. The van der Waals surface area contributed by atoms with Gasteiger partial charge in [-0.2, -0.15) is 17.9 Å². The maximum Gasteiger partial charge on any atom is 0.453 e. The number of tetrazole rings is 1. The number of ether oxygens (including phenoxy) is 1. The summed E-state index contributed by atoms with van der Waals surface area (Å²) in [7, 11) is 1.35. The summed E-state index contributed by atoms with van der Waals surface area (Å²) in [6, 6.07) is 3.88. The number of hydrogen-bond acceptors (Lipinski definition) is 5. The quantitative estimate of drug-likeness (QED) is 0.792. The zero-order chi connectivity index (χ0) is 14.0. The summed E-state index contributed by atoms with van der Waals surface area (Å²) in [6.45, 7) is 0. The molecule has 0 aliphatic carbocycles. The van der Waals surface area contributed by atoms with Crippen LogP contribution in [0.3, 0.4) is 0 Å². The van der Waals surface area contributed by atoms with Crippen LogP contribution in [0.2, 0.25) is 0 Å². The smallest absolute Gasteiger partial charge is 0.453 e. The molecule has 6 nitrogen and oxygen atoms in total. The Labute approximate surface area is 104 Å². The predicted octanol–water partition coefficient (Wildman–Crippen LogP) is 1.50. The molecule has 0 aliphatic rings. The van der Waals surface area contributed by atoms with E-state index >= 15 is 0 Å². The Morgan fingerprint density at radius 2 is 2.11 bits per heavy atom. The third-order valence-corrected chi connectivity index (χ3v) is 2.31. The molecule has 0 saturated heterocycles. The van der Waals surface area contributed by atoms with E-state index in [4.69, 9.17) is 4.74 Å². The van der Waals surface area contributed by atoms with Gasteiger partial charge in [0.1, 0.15) is 5.75 Å². The monoisotopic (exact) mass is 272 g/mol. The van der Waals surface area contributed by atoms with Gasteiger partial charge in [-0.1, -0.05) is 0 Å². The Morgan fingerprint density at radius 3 is 2.68 bits per heavy atom. The second-order valence-corrected chi connectivity index (χ2v) is 3.46. The Bertz CT molecular complexity index is 609. The number of nitrogens with zero attached hydrogens (tertiary/aromatic N) is 4. The van der Waals surface area contributed by atoms with Gasteiger partial charge in [-0.3, -0.25) is 4.79 Å². The van der Waals surface area contributed by atoms with Gasteiger partial charge in [0.25, 0.3) is 5.82 Å². The number of aromatic nitrogens is 4. The molecule has 19 heavy (non-hydrogen) atoms. The van der Waals surface area contributed by atoms with Crippen LogP contribution in [0.1, 0.15) is 16.2 Å². The van der Waals surface area contributed by atoms with E-state index in [0.29, 0.717) is 11.0 Å². The molecular weight excluding hydrogens is 265 g/mol. The number of halogens is 3. The second-order valence-electron chi connectivity index (χ2n) is 3.46. The standard InChI is InChI=1S/C10H7F3N4O2/c1-19-8-3-2-7(4-6(8)5-18)17-9(10(11,12)13)14-15-16-17/h2-5H,1H3. The van der Waals surface area contributed by atoms with Crippen molar-refractivity contribution in [2.24, 2.45) is 0 Å². The molecule has 1 aromatic carbocycles. The first-order valence-corrected chi connectivity index (χ1v) is 4.96. The van der Waals surface area contributed by atoms with Crippen molar-refractivity contribution >= 4 is 6.29 Å². The van der Waals surface area contributed by atoms with Gasteiger partial charge < -0.3 is 4.74 Å². The van der Waals surface area contributed by atoms with Crippen molar-refractivity contribution in [1.29, 1.82) is 0 Å². The molecule has 0 N–H and O–H groups in total. The van der Waals surface area contributed by atoms with Gasteiger partial charge in [0.2, 0.25) is 0 Å². The molecule has 0 bridgehead atoms. The number of rotatable bonds is 3. The van der Waals surface area contributed by atoms with Crippen molar-refractivity contribution in [1.82, 2.24) is 20.2 Å². The average Bonchev–Trinajstić information content (AvgIpc) is 2.87. The van der Waals surface area contributed by atoms with Crippen LogP contribution < -0.4 is 4.74 Å². The van der Waals surface area contributed by atoms with Crippen LogP contribution in [-0.4, -0.2) is 33.6 Å². The molecule has 0 atom stereocenters. The minimum Gasteiger partial charge on any atom is -0.496 e. The number of benzene rings is 1. The van der Waals surface area contributed by atoms with E-state index in [2.05, 4.69) is 15.5 Å². The Kier molecular flexibility index (Phi) is 3.19. The van der Waals surface area contributed by atoms with E-state index in [-0.39, 0.29) is 17.0 Å². The van der Waals surface area contributed by atoms with Crippen LogP contribution in [0.4, 0.5) is 13.2 Å². The molecule has 1 aromatic heterocycles. The maximum atomic E-state index is 12.6. The van der Waals surface area contributed by atoms with E-state index in [0.717, 1.165) is 0 Å². The van der Waals surface area contributed by atoms with E-state index in [1.54, 1.807) is 0 Å². The molecule has 1 heterocycles. The molecule has 0 aliphatic heterocycles. The predicted molar refractivity (Wildman–Crippen MR) is 56.1 cm³/mol. The maximum absolute atomic E-state index is 12.6. The highest BCUT2D eigenvalue weighted by Crippen LogP contribution is 2.29. The van der Waals surface area contributed by atoms with Crippen molar-refractivity contribution in [3.05, 3.63) is 29.6 Å². The molecule has 0 radical (unpaired) electrons. The minimum atomic E-state index is -4.69. The topological polar surface area (TPSA) is 69.9 Å². The Morgan fingerprint density at radius 1 is 1.37 bits per heavy atom. The molecule has 0 fully saturated rings. The van der Waals surface area contributed by atoms with E-state index in [9.17, 15) is 18.0 Å². The minimum absolute atomic E-state index is 0.0141. The van der Waals surface area contributed by atoms with E-state index in [1.165, 1.54) is 25.3 Å². The van der Waals surface area contributed by atoms with Gasteiger partial charge in [-0.05, 0) is 28.6 Å². The van der Waals surface area contributed by atoms with Crippen molar-refractivity contribution in [2.75, 3.05) is 7.11 Å². The van der Waals surface area contributed by atoms with E-state index < -0.39 is 12.0 Å². The van der Waals surface area contributed by atoms with Crippen LogP contribution >= 0.6 is 0 Å². The van der Waals surface area contributed by atoms with Crippen LogP contribution in [0, 0.1) is 0 Å². The normalized spacial score (nSPS) is 11.4. The summed E-state index contributed by atoms with van der Waals surface area (Å²) in [4.78, 5) is 10.8. The fourth-order valence-electron chi connectivity index (χ4n) is 1.48. The van der Waals surface area contributed by atoms with Gasteiger partial charge in [0, 0.05) is 0 Å². The Balaban J connectivity index is 2.54. The summed E-state index contributed by atoms with van der Waals surface area (Å²) in [5, 5.41) is 9.17. The molecule has 2 rings (SSSR count). The number of aldehydes is 1. The van der Waals surface area contributed by atoms with Crippen molar-refractivity contribution in [3.8, 4) is 11.4 Å². The number of carbonyl (C=O) groups is 1. The van der Waals surface area contributed by atoms with Gasteiger partial charge >= 0.3 is 6.18 Å². The number of hydrogen-bond donors (Lipinski definition) is 0. The van der Waals surface area contributed by atoms with Gasteiger partial charge in [0.05, 0.1) is 18.4 Å². The molecular formula is C10H7F3N4O2. The van der Waals surface area contributed by atoms with Gasteiger partial charge in [-0.15, -0.1) is 5.10 Å². The summed E-state index contributed by atoms with van der Waals surface area (Å²) < 4.78 is 43.3. The van der Waals surface area contributed by atoms with Crippen LogP contribution in [0.5, 0.6) is 5.75 Å². The first-order chi connectivity index (χ1) is 8.97. The highest BCUT2D eigenvalue weighted by atomic mass is 19.4. The lowest BCUT2D eigenvalue weighted by Crippen LogP contribution is -2.14. The molecule has 0 unspecified atom stereocenters. The largest absolute Gasteiger partial charge is 0.496 e. The lowest BCUT2D eigenvalue weighted by atomic mass is 10.2. The summed E-state index contributed by atoms with van der Waals surface area (Å²) in [5.74, 6) is -1.02. The highest BCUT2D eigenvalue weighted by molar-refractivity contribution is 5.80. The summed E-state index contributed by atoms with van der Waals surface area (Å²) >= 11 is 0.